The van der Waals surface area contributed by atoms with Gasteiger partial charge in [0.2, 0.25) is 11.8 Å². The number of benzene rings is 2. The maximum atomic E-state index is 12.7. The van der Waals surface area contributed by atoms with Crippen molar-refractivity contribution in [3.05, 3.63) is 59.7 Å². The van der Waals surface area contributed by atoms with Crippen LogP contribution in [0.15, 0.2) is 48.5 Å². The number of carbonyl (C=O) groups excluding carboxylic acids is 2. The molecule has 1 unspecified atom stereocenters. The number of hydrogen-bond donors (Lipinski definition) is 2. The van der Waals surface area contributed by atoms with Crippen molar-refractivity contribution in [3.8, 4) is 5.75 Å². The second kappa shape index (κ2) is 11.8. The van der Waals surface area contributed by atoms with Gasteiger partial charge in [0.05, 0.1) is 25.4 Å². The van der Waals surface area contributed by atoms with Gasteiger partial charge < -0.3 is 15.4 Å². The zero-order chi connectivity index (χ0) is 23.8. The van der Waals surface area contributed by atoms with Gasteiger partial charge in [-0.3, -0.25) is 14.5 Å². The molecule has 6 nitrogen and oxygen atoms in total. The number of carbonyl (C=O) groups is 2. The molecule has 2 aromatic rings. The number of ether oxygens (including phenoxy) is 1. The zero-order valence-electron chi connectivity index (χ0n) is 20.3. The second-order valence-corrected chi connectivity index (χ2v) is 9.37. The first kappa shape index (κ1) is 24.8. The quantitative estimate of drug-likeness (QED) is 0.592. The van der Waals surface area contributed by atoms with E-state index in [1.807, 2.05) is 31.2 Å². The lowest BCUT2D eigenvalue weighted by Crippen LogP contribution is -2.43. The first-order valence-corrected chi connectivity index (χ1v) is 11.9. The van der Waals surface area contributed by atoms with E-state index in [2.05, 4.69) is 53.6 Å². The fourth-order valence-electron chi connectivity index (χ4n) is 4.32. The molecular formula is C27H37N3O3. The SMILES string of the molecule is COc1ccccc1NC(=O)C1CCN(CC(=O)NC(C)c2ccc(CC(C)C)cc2)CC1. The molecule has 1 heterocycles. The molecule has 3 rings (SSSR count). The van der Waals surface area contributed by atoms with E-state index in [4.69, 9.17) is 4.74 Å². The summed E-state index contributed by atoms with van der Waals surface area (Å²) in [7, 11) is 1.59. The molecule has 0 aliphatic carbocycles. The molecule has 0 spiro atoms. The highest BCUT2D eigenvalue weighted by Gasteiger charge is 2.26. The molecule has 1 saturated heterocycles. The summed E-state index contributed by atoms with van der Waals surface area (Å²) < 4.78 is 5.31. The van der Waals surface area contributed by atoms with Gasteiger partial charge in [-0.05, 0) is 68.5 Å². The summed E-state index contributed by atoms with van der Waals surface area (Å²) in [6.45, 7) is 8.27. The normalized spacial score (nSPS) is 15.8. The Bertz CT molecular complexity index is 918. The Morgan fingerprint density at radius 3 is 2.33 bits per heavy atom. The van der Waals surface area contributed by atoms with Crippen molar-refractivity contribution >= 4 is 17.5 Å². The number of amides is 2. The molecule has 1 aliphatic rings. The Kier molecular flexibility index (Phi) is 8.89. The molecule has 1 aliphatic heterocycles. The van der Waals surface area contributed by atoms with Crippen LogP contribution in [-0.4, -0.2) is 43.5 Å². The van der Waals surface area contributed by atoms with Crippen LogP contribution in [0.4, 0.5) is 5.69 Å². The molecule has 0 aromatic heterocycles. The maximum absolute atomic E-state index is 12.7. The number of methoxy groups -OCH3 is 1. The van der Waals surface area contributed by atoms with Crippen LogP contribution in [-0.2, 0) is 16.0 Å². The number of para-hydroxylation sites is 2. The van der Waals surface area contributed by atoms with Gasteiger partial charge in [0, 0.05) is 5.92 Å². The van der Waals surface area contributed by atoms with E-state index < -0.39 is 0 Å². The van der Waals surface area contributed by atoms with Crippen LogP contribution in [0.1, 0.15) is 50.8 Å². The Balaban J connectivity index is 1.42. The van der Waals surface area contributed by atoms with E-state index in [1.54, 1.807) is 7.11 Å². The first-order chi connectivity index (χ1) is 15.9. The van der Waals surface area contributed by atoms with Crippen LogP contribution >= 0.6 is 0 Å². The van der Waals surface area contributed by atoms with Gasteiger partial charge in [0.15, 0.2) is 0 Å². The Morgan fingerprint density at radius 1 is 1.03 bits per heavy atom. The molecule has 2 N–H and O–H groups in total. The average molecular weight is 452 g/mol. The summed E-state index contributed by atoms with van der Waals surface area (Å²) in [5.74, 6) is 1.26. The van der Waals surface area contributed by atoms with Gasteiger partial charge in [-0.15, -0.1) is 0 Å². The van der Waals surface area contributed by atoms with E-state index in [0.717, 1.165) is 37.9 Å². The van der Waals surface area contributed by atoms with Gasteiger partial charge in [-0.1, -0.05) is 50.2 Å². The highest BCUT2D eigenvalue weighted by Crippen LogP contribution is 2.26. The molecule has 33 heavy (non-hydrogen) atoms. The molecule has 178 valence electrons. The minimum absolute atomic E-state index is 0.0122. The number of piperidine rings is 1. The van der Waals surface area contributed by atoms with E-state index in [9.17, 15) is 9.59 Å². The molecule has 0 radical (unpaired) electrons. The third-order valence-electron chi connectivity index (χ3n) is 6.19. The Labute approximate surface area is 197 Å². The second-order valence-electron chi connectivity index (χ2n) is 9.37. The molecule has 6 heteroatoms. The molecule has 0 bridgehead atoms. The number of hydrogen-bond acceptors (Lipinski definition) is 4. The predicted molar refractivity (Wildman–Crippen MR) is 132 cm³/mol. The third-order valence-corrected chi connectivity index (χ3v) is 6.19. The van der Waals surface area contributed by atoms with E-state index >= 15 is 0 Å². The molecular weight excluding hydrogens is 414 g/mol. The third kappa shape index (κ3) is 7.32. The van der Waals surface area contributed by atoms with Gasteiger partial charge in [-0.2, -0.15) is 0 Å². The van der Waals surface area contributed by atoms with Crippen LogP contribution in [0.2, 0.25) is 0 Å². The predicted octanol–water partition coefficient (Wildman–Crippen LogP) is 4.42. The van der Waals surface area contributed by atoms with Crippen molar-refractivity contribution in [1.82, 2.24) is 10.2 Å². The van der Waals surface area contributed by atoms with Crippen LogP contribution in [0.25, 0.3) is 0 Å². The highest BCUT2D eigenvalue weighted by atomic mass is 16.5. The van der Waals surface area contributed by atoms with Crippen LogP contribution < -0.4 is 15.4 Å². The molecule has 0 saturated carbocycles. The lowest BCUT2D eigenvalue weighted by molar-refractivity contribution is -0.124. The van der Waals surface area contributed by atoms with Crippen LogP contribution in [0.5, 0.6) is 5.75 Å². The number of anilines is 1. The first-order valence-electron chi connectivity index (χ1n) is 11.9. The topological polar surface area (TPSA) is 70.7 Å². The van der Waals surface area contributed by atoms with Crippen LogP contribution in [0.3, 0.4) is 0 Å². The van der Waals surface area contributed by atoms with Crippen molar-refractivity contribution in [1.29, 1.82) is 0 Å². The summed E-state index contributed by atoms with van der Waals surface area (Å²) in [6, 6.07) is 15.9. The molecule has 2 aromatic carbocycles. The monoisotopic (exact) mass is 451 g/mol. The Hall–Kier alpha value is -2.86. The van der Waals surface area contributed by atoms with Crippen molar-refractivity contribution in [2.45, 2.75) is 46.1 Å². The minimum Gasteiger partial charge on any atom is -0.495 e. The summed E-state index contributed by atoms with van der Waals surface area (Å²) in [4.78, 5) is 27.4. The average Bonchev–Trinajstić information content (AvgIpc) is 2.80. The number of nitrogens with zero attached hydrogens (tertiary/aromatic N) is 1. The molecule has 1 atom stereocenters. The summed E-state index contributed by atoms with van der Waals surface area (Å²) in [5, 5.41) is 6.09. The maximum Gasteiger partial charge on any atom is 0.234 e. The van der Waals surface area contributed by atoms with Gasteiger partial charge in [0.25, 0.3) is 0 Å². The summed E-state index contributed by atoms with van der Waals surface area (Å²) in [5.41, 5.74) is 3.13. The largest absolute Gasteiger partial charge is 0.495 e. The zero-order valence-corrected chi connectivity index (χ0v) is 20.3. The highest BCUT2D eigenvalue weighted by molar-refractivity contribution is 5.94. The fraction of sp³-hybridized carbons (Fsp3) is 0.481. The van der Waals surface area contributed by atoms with Crippen molar-refractivity contribution < 1.29 is 14.3 Å². The van der Waals surface area contributed by atoms with Crippen molar-refractivity contribution in [2.24, 2.45) is 11.8 Å². The Morgan fingerprint density at radius 2 is 1.70 bits per heavy atom. The van der Waals surface area contributed by atoms with E-state index in [-0.39, 0.29) is 23.8 Å². The summed E-state index contributed by atoms with van der Waals surface area (Å²) in [6.07, 6.45) is 2.54. The van der Waals surface area contributed by atoms with Gasteiger partial charge in [-0.25, -0.2) is 0 Å². The smallest absolute Gasteiger partial charge is 0.234 e. The van der Waals surface area contributed by atoms with Crippen LogP contribution in [0, 0.1) is 11.8 Å². The number of rotatable bonds is 9. The van der Waals surface area contributed by atoms with Crippen molar-refractivity contribution in [3.63, 3.8) is 0 Å². The number of nitrogens with one attached hydrogen (secondary N) is 2. The lowest BCUT2D eigenvalue weighted by atomic mass is 9.95. The minimum atomic E-state index is -0.0579. The van der Waals surface area contributed by atoms with Gasteiger partial charge in [0.1, 0.15) is 5.75 Å². The standard InChI is InChI=1S/C27H37N3O3/c1-19(2)17-21-9-11-22(12-10-21)20(3)28-26(31)18-30-15-13-23(14-16-30)27(32)29-24-7-5-6-8-25(24)33-4/h5-12,19-20,23H,13-18H2,1-4H3,(H,28,31)(H,29,32). The summed E-state index contributed by atoms with van der Waals surface area (Å²) >= 11 is 0. The molecule has 1 fully saturated rings. The lowest BCUT2D eigenvalue weighted by Gasteiger charge is -2.31. The van der Waals surface area contributed by atoms with E-state index in [1.165, 1.54) is 5.56 Å². The number of likely N-dealkylation sites (tertiary alicyclic amines) is 1. The fourth-order valence-corrected chi connectivity index (χ4v) is 4.32. The van der Waals surface area contributed by atoms with Gasteiger partial charge >= 0.3 is 0 Å². The van der Waals surface area contributed by atoms with Crippen molar-refractivity contribution in [2.75, 3.05) is 32.1 Å². The van der Waals surface area contributed by atoms with E-state index in [0.29, 0.717) is 23.9 Å². The molecule has 2 amide bonds.